The lowest BCUT2D eigenvalue weighted by atomic mass is 10.2. The minimum atomic E-state index is -3.74. The van der Waals surface area contributed by atoms with Gasteiger partial charge in [0.1, 0.15) is 22.7 Å². The summed E-state index contributed by atoms with van der Waals surface area (Å²) in [6, 6.07) is 0. The van der Waals surface area contributed by atoms with Crippen LogP contribution in [0.25, 0.3) is 0 Å². The van der Waals surface area contributed by atoms with Crippen LogP contribution in [0.2, 0.25) is 0 Å². The van der Waals surface area contributed by atoms with Crippen molar-refractivity contribution in [3.8, 4) is 11.8 Å². The number of sulfonamides is 2. The van der Waals surface area contributed by atoms with E-state index >= 15 is 0 Å². The number of nitrogens with two attached hydrogens (primary N) is 2. The quantitative estimate of drug-likeness (QED) is 0.365. The lowest BCUT2D eigenvalue weighted by Gasteiger charge is -2.24. The van der Waals surface area contributed by atoms with E-state index in [1.165, 1.54) is 52.9 Å². The molecule has 0 bridgehead atoms. The summed E-state index contributed by atoms with van der Waals surface area (Å²) in [4.78, 5) is 16.2. The number of hydrogen-bond acceptors (Lipinski definition) is 12. The normalized spacial score (nSPS) is 15.3. The minimum Gasteiger partial charge on any atom is -0.480 e. The third kappa shape index (κ3) is 10.7. The fourth-order valence-electron chi connectivity index (χ4n) is 2.93. The highest BCUT2D eigenvalue weighted by Gasteiger charge is 2.32. The molecule has 2 aromatic rings. The van der Waals surface area contributed by atoms with Gasteiger partial charge in [0.25, 0.3) is 0 Å². The van der Waals surface area contributed by atoms with Gasteiger partial charge in [0, 0.05) is 0 Å². The van der Waals surface area contributed by atoms with Gasteiger partial charge in [-0.15, -0.1) is 0 Å². The molecule has 16 heteroatoms. The maximum absolute atomic E-state index is 11.5. The topological polar surface area (TPSA) is 209 Å². The van der Waals surface area contributed by atoms with Crippen molar-refractivity contribution in [2.45, 2.75) is 76.5 Å². The molecule has 38 heavy (non-hydrogen) atoms. The first-order chi connectivity index (χ1) is 17.5. The van der Waals surface area contributed by atoms with E-state index in [9.17, 15) is 16.8 Å². The van der Waals surface area contributed by atoms with Gasteiger partial charge in [-0.25, -0.2) is 37.1 Å². The maximum atomic E-state index is 11.5. The van der Waals surface area contributed by atoms with Gasteiger partial charge >= 0.3 is 0 Å². The van der Waals surface area contributed by atoms with E-state index in [1.807, 2.05) is 0 Å². The van der Waals surface area contributed by atoms with Gasteiger partial charge in [-0.05, 0) is 41.5 Å². The molecule has 2 heterocycles. The molecule has 0 amide bonds. The first-order valence-corrected chi connectivity index (χ1v) is 14.8. The molecule has 0 aromatic carbocycles. The first-order valence-electron chi connectivity index (χ1n) is 11.6. The Morgan fingerprint density at radius 1 is 0.605 bits per heavy atom. The molecule has 0 fully saturated rings. The summed E-state index contributed by atoms with van der Waals surface area (Å²) in [7, 11) is -4.53. The van der Waals surface area contributed by atoms with E-state index in [-0.39, 0.29) is 12.2 Å². The summed E-state index contributed by atoms with van der Waals surface area (Å²) >= 11 is 0. The molecule has 0 spiro atoms. The molecule has 2 aromatic heterocycles. The number of rotatable bonds is 12. The van der Waals surface area contributed by atoms with E-state index in [2.05, 4.69) is 19.9 Å². The van der Waals surface area contributed by atoms with E-state index in [1.54, 1.807) is 27.7 Å². The fraction of sp³-hybridized carbons (Fsp3) is 0.636. The van der Waals surface area contributed by atoms with Crippen LogP contribution in [0.4, 0.5) is 0 Å². The number of methoxy groups -OCH3 is 2. The van der Waals surface area contributed by atoms with Crippen molar-refractivity contribution in [1.82, 2.24) is 19.9 Å². The van der Waals surface area contributed by atoms with Crippen LogP contribution >= 0.6 is 0 Å². The zero-order valence-corrected chi connectivity index (χ0v) is 24.4. The van der Waals surface area contributed by atoms with Crippen LogP contribution in [0, 0.1) is 0 Å². The van der Waals surface area contributed by atoms with Crippen molar-refractivity contribution in [3.63, 3.8) is 0 Å². The highest BCUT2D eigenvalue weighted by Crippen LogP contribution is 2.26. The zero-order valence-electron chi connectivity index (χ0n) is 22.8. The summed E-state index contributed by atoms with van der Waals surface area (Å²) in [5.74, 6) is 0.686. The van der Waals surface area contributed by atoms with Crippen LogP contribution in [0.15, 0.2) is 24.8 Å². The van der Waals surface area contributed by atoms with Gasteiger partial charge in [0.15, 0.2) is 0 Å². The number of nitrogens with zero attached hydrogens (tertiary/aromatic N) is 4. The van der Waals surface area contributed by atoms with Crippen LogP contribution in [0.5, 0.6) is 11.8 Å². The zero-order chi connectivity index (χ0) is 29.3. The Kier molecular flexibility index (Phi) is 12.9. The number of aromatic nitrogens is 4. The monoisotopic (exact) mass is 578 g/mol. The minimum absolute atomic E-state index is 0.168. The van der Waals surface area contributed by atoms with Crippen molar-refractivity contribution in [3.05, 3.63) is 36.2 Å². The van der Waals surface area contributed by atoms with Crippen LogP contribution in [0.1, 0.15) is 65.1 Å². The van der Waals surface area contributed by atoms with Crippen molar-refractivity contribution in [2.75, 3.05) is 14.2 Å². The molecular weight excluding hydrogens is 540 g/mol. The van der Waals surface area contributed by atoms with Gasteiger partial charge in [-0.2, -0.15) is 0 Å². The Morgan fingerprint density at radius 3 is 1.11 bits per heavy atom. The average molecular weight is 579 g/mol. The lowest BCUT2D eigenvalue weighted by Crippen LogP contribution is -2.34. The second-order valence-corrected chi connectivity index (χ2v) is 12.6. The fourth-order valence-corrected chi connectivity index (χ4v) is 4.03. The van der Waals surface area contributed by atoms with Crippen LogP contribution in [-0.4, -0.2) is 73.7 Å². The van der Waals surface area contributed by atoms with Crippen molar-refractivity contribution >= 4 is 20.0 Å². The van der Waals surface area contributed by atoms with Crippen LogP contribution in [0.3, 0.4) is 0 Å². The molecule has 0 aliphatic heterocycles. The summed E-state index contributed by atoms with van der Waals surface area (Å²) in [6.07, 6.45) is 3.78. The molecule has 0 aliphatic carbocycles. The molecular formula is C22H38N6O8S2. The first kappa shape index (κ1) is 33.5. The predicted molar refractivity (Wildman–Crippen MR) is 140 cm³/mol. The largest absolute Gasteiger partial charge is 0.480 e. The molecule has 4 atom stereocenters. The molecule has 0 saturated carbocycles. The van der Waals surface area contributed by atoms with Gasteiger partial charge in [0.2, 0.25) is 31.8 Å². The highest BCUT2D eigenvalue weighted by atomic mass is 32.2. The Bertz CT molecular complexity index is 1100. The van der Waals surface area contributed by atoms with E-state index in [4.69, 9.17) is 29.2 Å². The third-order valence-corrected chi connectivity index (χ3v) is 7.59. The smallest absolute Gasteiger partial charge is 0.231 e. The van der Waals surface area contributed by atoms with E-state index < -0.39 is 42.8 Å². The van der Waals surface area contributed by atoms with E-state index in [0.29, 0.717) is 23.1 Å². The van der Waals surface area contributed by atoms with E-state index in [0.717, 1.165) is 0 Å². The summed E-state index contributed by atoms with van der Waals surface area (Å²) < 4.78 is 66.9. The summed E-state index contributed by atoms with van der Waals surface area (Å²) in [5, 5.41) is 8.50. The molecule has 0 saturated heterocycles. The Morgan fingerprint density at radius 2 is 0.921 bits per heavy atom. The van der Waals surface area contributed by atoms with Crippen LogP contribution < -0.4 is 19.8 Å². The Labute approximate surface area is 224 Å². The second-order valence-electron chi connectivity index (χ2n) is 8.77. The van der Waals surface area contributed by atoms with Crippen molar-refractivity contribution < 1.29 is 35.8 Å². The summed E-state index contributed by atoms with van der Waals surface area (Å²) in [5.41, 5.74) is 0.798. The predicted octanol–water partition coefficient (Wildman–Crippen LogP) is 1.26. The third-order valence-electron chi connectivity index (χ3n) is 5.02. The van der Waals surface area contributed by atoms with Gasteiger partial charge < -0.3 is 18.9 Å². The molecule has 0 unspecified atom stereocenters. The molecule has 4 N–H and O–H groups in total. The number of ether oxygens (including phenoxy) is 4. The molecule has 0 aliphatic rings. The van der Waals surface area contributed by atoms with Crippen molar-refractivity contribution in [1.29, 1.82) is 0 Å². The Hall–Kier alpha value is -2.50. The average Bonchev–Trinajstić information content (AvgIpc) is 2.84. The molecule has 2 rings (SSSR count). The molecule has 0 radical (unpaired) electrons. The van der Waals surface area contributed by atoms with Gasteiger partial charge in [-0.3, -0.25) is 9.97 Å². The number of primary sulfonamides is 2. The molecule has 14 nitrogen and oxygen atoms in total. The van der Waals surface area contributed by atoms with Gasteiger partial charge in [0.05, 0.1) is 62.6 Å². The number of hydrogen-bond donors (Lipinski definition) is 2. The maximum Gasteiger partial charge on any atom is 0.231 e. The summed E-state index contributed by atoms with van der Waals surface area (Å²) in [6.45, 7) is 10.2. The van der Waals surface area contributed by atoms with Crippen LogP contribution in [-0.2, 0) is 29.5 Å². The molecule has 216 valence electrons. The Balaban J connectivity index is 0.000000380. The highest BCUT2D eigenvalue weighted by molar-refractivity contribution is 7.90. The van der Waals surface area contributed by atoms with Crippen molar-refractivity contribution in [2.24, 2.45) is 10.3 Å². The SMILES string of the molecule is COc1cnc([C@@H](OC(C)C)[C@@H](C)S(N)(=O)=O)cn1.COc1cnc([C@H](OC(C)C)[C@H](C)S(N)(=O)=O)cn1. The lowest BCUT2D eigenvalue weighted by molar-refractivity contribution is 0.00358. The van der Waals surface area contributed by atoms with Gasteiger partial charge in [-0.1, -0.05) is 0 Å². The second kappa shape index (κ2) is 14.6. The standard InChI is InChI=1S/2C11H19N3O4S/c2*1-7(2)18-11(8(3)19(12,15)16)9-5-14-10(17-4)6-13-9/h2*5-8,11H,1-4H3,(H2,12,15,16)/t2*8-,11+/m10/s1.